The number of methoxy groups -OCH3 is 1. The van der Waals surface area contributed by atoms with Gasteiger partial charge in [-0.1, -0.05) is 13.8 Å². The van der Waals surface area contributed by atoms with Crippen molar-refractivity contribution in [3.05, 3.63) is 0 Å². The molecular formula is C16H31NO3. The molecule has 1 N–H and O–H groups in total. The van der Waals surface area contributed by atoms with Gasteiger partial charge in [-0.25, -0.2) is 0 Å². The van der Waals surface area contributed by atoms with Crippen LogP contribution in [0.2, 0.25) is 0 Å². The predicted octanol–water partition coefficient (Wildman–Crippen LogP) is 2.36. The van der Waals surface area contributed by atoms with E-state index in [1.54, 1.807) is 7.11 Å². The second-order valence-corrected chi connectivity index (χ2v) is 6.28. The molecule has 118 valence electrons. The summed E-state index contributed by atoms with van der Waals surface area (Å²) in [5.41, 5.74) is 0. The number of likely N-dealkylation sites (N-methyl/N-ethyl adjacent to an activating group) is 1. The van der Waals surface area contributed by atoms with Gasteiger partial charge in [0, 0.05) is 13.2 Å². The first kappa shape index (κ1) is 16.2. The topological polar surface area (TPSA) is 39.7 Å². The molecule has 0 radical (unpaired) electrons. The van der Waals surface area contributed by atoms with Crippen LogP contribution >= 0.6 is 0 Å². The van der Waals surface area contributed by atoms with Crippen molar-refractivity contribution in [2.24, 2.45) is 5.92 Å². The Morgan fingerprint density at radius 2 is 1.85 bits per heavy atom. The van der Waals surface area contributed by atoms with Gasteiger partial charge in [-0.15, -0.1) is 0 Å². The Hall–Kier alpha value is -0.160. The average molecular weight is 285 g/mol. The first-order valence-electron chi connectivity index (χ1n) is 8.24. The fourth-order valence-electron chi connectivity index (χ4n) is 3.28. The standard InChI is InChI=1S/C16H31NO3/c1-4-17-14-11-15(16(14)19-10-9-18-3)20-13-7-5-12(2)6-8-13/h12-17H,4-11H2,1-3H3. The molecule has 0 spiro atoms. The van der Waals surface area contributed by atoms with Gasteiger partial charge in [-0.2, -0.15) is 0 Å². The Morgan fingerprint density at radius 1 is 1.10 bits per heavy atom. The van der Waals surface area contributed by atoms with Crippen LogP contribution in [-0.4, -0.2) is 51.2 Å². The van der Waals surface area contributed by atoms with Crippen LogP contribution in [0.25, 0.3) is 0 Å². The van der Waals surface area contributed by atoms with Gasteiger partial charge in [0.1, 0.15) is 0 Å². The molecule has 3 atom stereocenters. The van der Waals surface area contributed by atoms with Gasteiger partial charge in [0.2, 0.25) is 0 Å². The molecule has 2 aliphatic carbocycles. The lowest BCUT2D eigenvalue weighted by atomic mass is 9.83. The fraction of sp³-hybridized carbons (Fsp3) is 1.00. The normalized spacial score (nSPS) is 37.6. The smallest absolute Gasteiger partial charge is 0.0991 e. The molecule has 4 heteroatoms. The zero-order chi connectivity index (χ0) is 14.4. The van der Waals surface area contributed by atoms with E-state index >= 15 is 0 Å². The van der Waals surface area contributed by atoms with E-state index in [1.165, 1.54) is 25.7 Å². The second-order valence-electron chi connectivity index (χ2n) is 6.28. The molecule has 2 aliphatic rings. The van der Waals surface area contributed by atoms with Crippen molar-refractivity contribution in [1.82, 2.24) is 5.32 Å². The maximum Gasteiger partial charge on any atom is 0.0991 e. The van der Waals surface area contributed by atoms with Crippen molar-refractivity contribution in [3.63, 3.8) is 0 Å². The highest BCUT2D eigenvalue weighted by Gasteiger charge is 2.43. The lowest BCUT2D eigenvalue weighted by Gasteiger charge is -2.46. The number of rotatable bonds is 8. The van der Waals surface area contributed by atoms with Crippen molar-refractivity contribution in [2.45, 2.75) is 70.3 Å². The minimum absolute atomic E-state index is 0.199. The molecule has 0 bridgehead atoms. The van der Waals surface area contributed by atoms with Crippen molar-refractivity contribution in [2.75, 3.05) is 26.9 Å². The minimum atomic E-state index is 0.199. The number of hydrogen-bond acceptors (Lipinski definition) is 4. The Morgan fingerprint density at radius 3 is 2.50 bits per heavy atom. The molecule has 2 saturated carbocycles. The van der Waals surface area contributed by atoms with Gasteiger partial charge in [0.25, 0.3) is 0 Å². The molecule has 0 saturated heterocycles. The summed E-state index contributed by atoms with van der Waals surface area (Å²) in [4.78, 5) is 0. The maximum absolute atomic E-state index is 6.29. The molecule has 4 nitrogen and oxygen atoms in total. The lowest BCUT2D eigenvalue weighted by molar-refractivity contribution is -0.176. The maximum atomic E-state index is 6.29. The first-order chi connectivity index (χ1) is 9.74. The van der Waals surface area contributed by atoms with Crippen molar-refractivity contribution in [1.29, 1.82) is 0 Å². The van der Waals surface area contributed by atoms with E-state index in [-0.39, 0.29) is 12.2 Å². The lowest BCUT2D eigenvalue weighted by Crippen LogP contribution is -2.61. The fourth-order valence-corrected chi connectivity index (χ4v) is 3.28. The van der Waals surface area contributed by atoms with E-state index in [9.17, 15) is 0 Å². The third-order valence-corrected chi connectivity index (χ3v) is 4.64. The molecule has 20 heavy (non-hydrogen) atoms. The molecule has 0 aromatic heterocycles. The Bertz CT molecular complexity index is 266. The van der Waals surface area contributed by atoms with Gasteiger partial charge < -0.3 is 19.5 Å². The summed E-state index contributed by atoms with van der Waals surface area (Å²) in [5.74, 6) is 0.875. The zero-order valence-electron chi connectivity index (χ0n) is 13.3. The van der Waals surface area contributed by atoms with E-state index in [0.717, 1.165) is 18.9 Å². The molecule has 3 unspecified atom stereocenters. The van der Waals surface area contributed by atoms with Crippen LogP contribution in [0.4, 0.5) is 0 Å². The van der Waals surface area contributed by atoms with Gasteiger partial charge in [0.05, 0.1) is 31.5 Å². The van der Waals surface area contributed by atoms with E-state index in [0.29, 0.717) is 25.4 Å². The first-order valence-corrected chi connectivity index (χ1v) is 8.24. The number of nitrogens with one attached hydrogen (secondary N) is 1. The minimum Gasteiger partial charge on any atom is -0.382 e. The van der Waals surface area contributed by atoms with Gasteiger partial charge in [0.15, 0.2) is 0 Å². The quantitative estimate of drug-likeness (QED) is 0.695. The molecule has 0 aromatic rings. The van der Waals surface area contributed by atoms with Gasteiger partial charge in [-0.3, -0.25) is 0 Å². The summed E-state index contributed by atoms with van der Waals surface area (Å²) in [6, 6.07) is 0.448. The van der Waals surface area contributed by atoms with Crippen molar-refractivity contribution >= 4 is 0 Å². The van der Waals surface area contributed by atoms with E-state index in [1.807, 2.05) is 0 Å². The third-order valence-electron chi connectivity index (χ3n) is 4.64. The Balaban J connectivity index is 1.74. The average Bonchev–Trinajstić information content (AvgIpc) is 2.44. The summed E-state index contributed by atoms with van der Waals surface area (Å²) in [6.45, 7) is 6.79. The monoisotopic (exact) mass is 285 g/mol. The highest BCUT2D eigenvalue weighted by atomic mass is 16.6. The largest absolute Gasteiger partial charge is 0.382 e. The third kappa shape index (κ3) is 4.42. The van der Waals surface area contributed by atoms with Crippen LogP contribution in [0.3, 0.4) is 0 Å². The summed E-state index contributed by atoms with van der Waals surface area (Å²) < 4.78 is 17.3. The summed E-state index contributed by atoms with van der Waals surface area (Å²) in [7, 11) is 1.71. The van der Waals surface area contributed by atoms with Crippen LogP contribution < -0.4 is 5.32 Å². The van der Waals surface area contributed by atoms with Crippen LogP contribution in [0.1, 0.15) is 46.0 Å². The van der Waals surface area contributed by atoms with Crippen LogP contribution in [0, 0.1) is 5.92 Å². The SMILES string of the molecule is CCNC1CC(OC2CCC(C)CC2)C1OCCOC. The highest BCUT2D eigenvalue weighted by molar-refractivity contribution is 4.97. The van der Waals surface area contributed by atoms with E-state index in [4.69, 9.17) is 14.2 Å². The predicted molar refractivity (Wildman–Crippen MR) is 80.0 cm³/mol. The number of hydrogen-bond donors (Lipinski definition) is 1. The van der Waals surface area contributed by atoms with Crippen molar-refractivity contribution < 1.29 is 14.2 Å². The molecule has 0 aromatic carbocycles. The summed E-state index contributed by atoms with van der Waals surface area (Å²) in [5, 5.41) is 3.49. The summed E-state index contributed by atoms with van der Waals surface area (Å²) >= 11 is 0. The Kier molecular flexibility index (Phi) is 6.75. The van der Waals surface area contributed by atoms with Crippen molar-refractivity contribution in [3.8, 4) is 0 Å². The highest BCUT2D eigenvalue weighted by Crippen LogP contribution is 2.33. The molecule has 0 aliphatic heterocycles. The molecule has 0 amide bonds. The molecule has 2 rings (SSSR count). The van der Waals surface area contributed by atoms with E-state index < -0.39 is 0 Å². The number of ether oxygens (including phenoxy) is 3. The molecular weight excluding hydrogens is 254 g/mol. The van der Waals surface area contributed by atoms with Crippen LogP contribution in [-0.2, 0) is 14.2 Å². The Labute approximate surface area is 123 Å². The second kappa shape index (κ2) is 8.32. The molecule has 2 fully saturated rings. The van der Waals surface area contributed by atoms with Crippen LogP contribution in [0.5, 0.6) is 0 Å². The van der Waals surface area contributed by atoms with Gasteiger partial charge >= 0.3 is 0 Å². The van der Waals surface area contributed by atoms with E-state index in [2.05, 4.69) is 19.2 Å². The summed E-state index contributed by atoms with van der Waals surface area (Å²) in [6.07, 6.45) is 7.05. The molecule has 0 heterocycles. The van der Waals surface area contributed by atoms with Gasteiger partial charge in [-0.05, 0) is 44.6 Å². The van der Waals surface area contributed by atoms with Crippen LogP contribution in [0.15, 0.2) is 0 Å². The zero-order valence-corrected chi connectivity index (χ0v) is 13.3.